The fourth-order valence-electron chi connectivity index (χ4n) is 3.18. The fourth-order valence-corrected chi connectivity index (χ4v) is 3.38. The molecule has 0 saturated carbocycles. The van der Waals surface area contributed by atoms with Gasteiger partial charge in [0.1, 0.15) is 11.6 Å². The summed E-state index contributed by atoms with van der Waals surface area (Å²) in [6, 6.07) is 7.05. The van der Waals surface area contributed by atoms with E-state index >= 15 is 0 Å². The van der Waals surface area contributed by atoms with Crippen molar-refractivity contribution in [2.75, 3.05) is 0 Å². The molecule has 1 aromatic heterocycles. The highest BCUT2D eigenvalue weighted by molar-refractivity contribution is 6.30. The zero-order valence-electron chi connectivity index (χ0n) is 16.1. The van der Waals surface area contributed by atoms with E-state index in [4.69, 9.17) is 11.6 Å². The summed E-state index contributed by atoms with van der Waals surface area (Å²) in [7, 11) is 0. The van der Waals surface area contributed by atoms with Gasteiger partial charge in [-0.05, 0) is 49.2 Å². The summed E-state index contributed by atoms with van der Waals surface area (Å²) < 4.78 is 55.8. The molecular weight excluding hydrogens is 422 g/mol. The van der Waals surface area contributed by atoms with Crippen LogP contribution < -0.4 is 5.32 Å². The van der Waals surface area contributed by atoms with E-state index in [0.29, 0.717) is 10.6 Å². The number of hydrogen-bond acceptors (Lipinski definition) is 2. The highest BCUT2D eigenvalue weighted by atomic mass is 35.5. The second-order valence-corrected chi connectivity index (χ2v) is 7.48. The number of halogens is 5. The standard InChI is InChI=1S/C21H18ClF4N3O/c1-11-15(23)6-7-16(24)18(11)19-14(10-27-29-19)20(30)28-17(9-21(2,25)26)12-4-3-5-13(22)8-12/h3-8,10,17H,9H2,1-2H3,(H,27,29)(H,28,30)/t17-/m0/s1. The van der Waals surface area contributed by atoms with E-state index in [1.165, 1.54) is 13.0 Å². The van der Waals surface area contributed by atoms with Crippen LogP contribution in [0.5, 0.6) is 0 Å². The Morgan fingerprint density at radius 1 is 1.23 bits per heavy atom. The van der Waals surface area contributed by atoms with Gasteiger partial charge in [0.25, 0.3) is 5.91 Å². The number of H-pyrrole nitrogens is 1. The van der Waals surface area contributed by atoms with Crippen LogP contribution in [-0.2, 0) is 0 Å². The molecule has 3 rings (SSSR count). The Hall–Kier alpha value is -2.87. The molecule has 4 nitrogen and oxygen atoms in total. The lowest BCUT2D eigenvalue weighted by molar-refractivity contribution is 0.00284. The largest absolute Gasteiger partial charge is 0.345 e. The van der Waals surface area contributed by atoms with Crippen molar-refractivity contribution >= 4 is 17.5 Å². The molecule has 9 heteroatoms. The van der Waals surface area contributed by atoms with Crippen LogP contribution >= 0.6 is 11.6 Å². The first-order valence-corrected chi connectivity index (χ1v) is 9.37. The number of carbonyl (C=O) groups is 1. The molecule has 1 atom stereocenters. The second-order valence-electron chi connectivity index (χ2n) is 7.04. The van der Waals surface area contributed by atoms with Crippen molar-refractivity contribution in [1.82, 2.24) is 15.5 Å². The number of carbonyl (C=O) groups excluding carboxylic acids is 1. The summed E-state index contributed by atoms with van der Waals surface area (Å²) in [6.45, 7) is 2.11. The summed E-state index contributed by atoms with van der Waals surface area (Å²) in [4.78, 5) is 12.9. The molecule has 0 saturated heterocycles. The Bertz CT molecular complexity index is 1080. The van der Waals surface area contributed by atoms with E-state index in [0.717, 1.165) is 25.3 Å². The number of aromatic nitrogens is 2. The molecule has 0 aliphatic rings. The minimum atomic E-state index is -3.08. The van der Waals surface area contributed by atoms with E-state index in [2.05, 4.69) is 15.5 Å². The van der Waals surface area contributed by atoms with Gasteiger partial charge < -0.3 is 5.32 Å². The fraction of sp³-hybridized carbons (Fsp3) is 0.238. The first-order valence-electron chi connectivity index (χ1n) is 8.99. The minimum absolute atomic E-state index is 0.0141. The molecule has 2 N–H and O–H groups in total. The molecule has 3 aromatic rings. The van der Waals surface area contributed by atoms with Crippen LogP contribution in [0.4, 0.5) is 17.6 Å². The number of amides is 1. The molecule has 0 aliphatic carbocycles. The molecule has 158 valence electrons. The van der Waals surface area contributed by atoms with Gasteiger partial charge in [0.15, 0.2) is 0 Å². The lowest BCUT2D eigenvalue weighted by atomic mass is 9.98. The van der Waals surface area contributed by atoms with E-state index in [1.807, 2.05) is 0 Å². The Balaban J connectivity index is 1.97. The van der Waals surface area contributed by atoms with Crippen LogP contribution in [0.1, 0.15) is 40.9 Å². The molecule has 0 unspecified atom stereocenters. The average Bonchev–Trinajstić information content (AvgIpc) is 3.13. The van der Waals surface area contributed by atoms with Crippen LogP contribution in [0.25, 0.3) is 11.3 Å². The Morgan fingerprint density at radius 3 is 2.60 bits per heavy atom. The summed E-state index contributed by atoms with van der Waals surface area (Å²) in [5.41, 5.74) is 0.0669. The molecule has 1 amide bonds. The Morgan fingerprint density at radius 2 is 1.93 bits per heavy atom. The molecule has 0 spiro atoms. The van der Waals surface area contributed by atoms with Gasteiger partial charge in [-0.2, -0.15) is 5.10 Å². The third-order valence-corrected chi connectivity index (χ3v) is 4.84. The number of rotatable bonds is 6. The lowest BCUT2D eigenvalue weighted by Gasteiger charge is -2.23. The van der Waals surface area contributed by atoms with Crippen molar-refractivity contribution < 1.29 is 22.4 Å². The zero-order chi connectivity index (χ0) is 22.1. The number of nitrogens with one attached hydrogen (secondary N) is 2. The van der Waals surface area contributed by atoms with Gasteiger partial charge in [-0.3, -0.25) is 9.89 Å². The maximum atomic E-state index is 14.4. The van der Waals surface area contributed by atoms with E-state index in [1.54, 1.807) is 18.2 Å². The van der Waals surface area contributed by atoms with Crippen molar-refractivity contribution in [3.05, 3.63) is 75.9 Å². The molecule has 0 radical (unpaired) electrons. The van der Waals surface area contributed by atoms with Gasteiger partial charge in [-0.25, -0.2) is 17.6 Å². The van der Waals surface area contributed by atoms with Crippen molar-refractivity contribution in [2.24, 2.45) is 0 Å². The third-order valence-electron chi connectivity index (χ3n) is 4.60. The maximum Gasteiger partial charge on any atom is 0.255 e. The molecule has 0 aliphatic heterocycles. The van der Waals surface area contributed by atoms with Gasteiger partial charge in [-0.1, -0.05) is 23.7 Å². The highest BCUT2D eigenvalue weighted by Gasteiger charge is 2.30. The maximum absolute atomic E-state index is 14.4. The van der Waals surface area contributed by atoms with Crippen molar-refractivity contribution in [3.63, 3.8) is 0 Å². The zero-order valence-corrected chi connectivity index (χ0v) is 16.8. The number of alkyl halides is 2. The Kier molecular flexibility index (Phi) is 6.17. The molecule has 1 heterocycles. The number of benzene rings is 2. The molecular formula is C21H18ClF4N3O. The monoisotopic (exact) mass is 439 g/mol. The van der Waals surface area contributed by atoms with E-state index in [-0.39, 0.29) is 22.4 Å². The van der Waals surface area contributed by atoms with Crippen LogP contribution in [0, 0.1) is 18.6 Å². The summed E-state index contributed by atoms with van der Waals surface area (Å²) in [6.07, 6.45) is 0.452. The first-order chi connectivity index (χ1) is 14.1. The number of hydrogen-bond donors (Lipinski definition) is 2. The van der Waals surface area contributed by atoms with Gasteiger partial charge >= 0.3 is 0 Å². The van der Waals surface area contributed by atoms with Crippen LogP contribution in [0.3, 0.4) is 0 Å². The van der Waals surface area contributed by atoms with Gasteiger partial charge in [0.2, 0.25) is 5.92 Å². The molecule has 2 aromatic carbocycles. The van der Waals surface area contributed by atoms with Gasteiger partial charge in [0, 0.05) is 17.0 Å². The highest BCUT2D eigenvalue weighted by Crippen LogP contribution is 2.32. The molecule has 30 heavy (non-hydrogen) atoms. The van der Waals surface area contributed by atoms with Gasteiger partial charge in [-0.15, -0.1) is 0 Å². The van der Waals surface area contributed by atoms with Crippen LogP contribution in [0.2, 0.25) is 5.02 Å². The normalized spacial score (nSPS) is 12.6. The van der Waals surface area contributed by atoms with E-state index in [9.17, 15) is 22.4 Å². The van der Waals surface area contributed by atoms with Crippen molar-refractivity contribution in [3.8, 4) is 11.3 Å². The van der Waals surface area contributed by atoms with Crippen LogP contribution in [-0.4, -0.2) is 22.0 Å². The predicted molar refractivity (Wildman–Crippen MR) is 106 cm³/mol. The van der Waals surface area contributed by atoms with Gasteiger partial charge in [0.05, 0.1) is 23.5 Å². The van der Waals surface area contributed by atoms with Crippen molar-refractivity contribution in [1.29, 1.82) is 0 Å². The average molecular weight is 440 g/mol. The topological polar surface area (TPSA) is 57.8 Å². The SMILES string of the molecule is Cc1c(F)ccc(F)c1-c1[nH]ncc1C(=O)N[C@@H](CC(C)(F)F)c1cccc(Cl)c1. The van der Waals surface area contributed by atoms with Crippen molar-refractivity contribution in [2.45, 2.75) is 32.2 Å². The predicted octanol–water partition coefficient (Wildman–Crippen LogP) is 5.83. The van der Waals surface area contributed by atoms with E-state index < -0.39 is 35.9 Å². The van der Waals surface area contributed by atoms with Crippen LogP contribution in [0.15, 0.2) is 42.6 Å². The second kappa shape index (κ2) is 8.47. The summed E-state index contributed by atoms with van der Waals surface area (Å²) in [5, 5.41) is 9.11. The number of nitrogens with zero attached hydrogens (tertiary/aromatic N) is 1. The first kappa shape index (κ1) is 21.8. The smallest absolute Gasteiger partial charge is 0.255 e. The molecule has 0 bridgehead atoms. The third kappa shape index (κ3) is 4.81. The quantitative estimate of drug-likeness (QED) is 0.474. The summed E-state index contributed by atoms with van der Waals surface area (Å²) >= 11 is 5.96. The summed E-state index contributed by atoms with van der Waals surface area (Å²) in [5.74, 6) is -5.26. The minimum Gasteiger partial charge on any atom is -0.345 e. The Labute approximate surface area is 175 Å². The number of aromatic amines is 1. The molecule has 0 fully saturated rings. The lowest BCUT2D eigenvalue weighted by Crippen LogP contribution is -2.32.